The van der Waals surface area contributed by atoms with Crippen LogP contribution in [0.3, 0.4) is 0 Å². The van der Waals surface area contributed by atoms with E-state index in [1.54, 1.807) is 0 Å². The summed E-state index contributed by atoms with van der Waals surface area (Å²) in [7, 11) is 1.44. The SMILES string of the molecule is COC(=O)CCN1CCCC[C@H]2CN(C(=O)Cc3ccccc3)C[C@H]21. The Balaban J connectivity index is 1.61. The minimum absolute atomic E-state index is 0.157. The van der Waals surface area contributed by atoms with Crippen LogP contribution in [0.1, 0.15) is 31.2 Å². The fraction of sp³-hybridized carbons (Fsp3) is 0.600. The maximum atomic E-state index is 12.7. The van der Waals surface area contributed by atoms with E-state index in [4.69, 9.17) is 4.74 Å². The number of esters is 1. The van der Waals surface area contributed by atoms with Gasteiger partial charge >= 0.3 is 5.97 Å². The van der Waals surface area contributed by atoms with Crippen LogP contribution in [0.2, 0.25) is 0 Å². The van der Waals surface area contributed by atoms with Gasteiger partial charge in [-0.1, -0.05) is 36.8 Å². The molecule has 2 heterocycles. The number of rotatable bonds is 5. The van der Waals surface area contributed by atoms with Crippen molar-refractivity contribution in [2.24, 2.45) is 5.92 Å². The molecule has 5 nitrogen and oxygen atoms in total. The fourth-order valence-electron chi connectivity index (χ4n) is 4.14. The number of nitrogens with zero attached hydrogens (tertiary/aromatic N) is 2. The van der Waals surface area contributed by atoms with Crippen LogP contribution < -0.4 is 0 Å². The van der Waals surface area contributed by atoms with Crippen LogP contribution in [-0.2, 0) is 20.7 Å². The molecular formula is C20H28N2O3. The Labute approximate surface area is 149 Å². The summed E-state index contributed by atoms with van der Waals surface area (Å²) in [5.41, 5.74) is 1.07. The minimum atomic E-state index is -0.157. The van der Waals surface area contributed by atoms with Gasteiger partial charge in [0.05, 0.1) is 20.0 Å². The lowest BCUT2D eigenvalue weighted by Gasteiger charge is -2.29. The summed E-state index contributed by atoms with van der Waals surface area (Å²) in [6, 6.07) is 10.3. The van der Waals surface area contributed by atoms with Gasteiger partial charge in [0.25, 0.3) is 0 Å². The van der Waals surface area contributed by atoms with Crippen molar-refractivity contribution in [1.29, 1.82) is 0 Å². The molecule has 0 unspecified atom stereocenters. The van der Waals surface area contributed by atoms with E-state index in [0.29, 0.717) is 24.8 Å². The second-order valence-corrected chi connectivity index (χ2v) is 7.15. The molecule has 5 heteroatoms. The van der Waals surface area contributed by atoms with Crippen LogP contribution >= 0.6 is 0 Å². The molecule has 2 aliphatic rings. The van der Waals surface area contributed by atoms with Gasteiger partial charge in [-0.25, -0.2) is 0 Å². The number of likely N-dealkylation sites (tertiary alicyclic amines) is 2. The average molecular weight is 344 g/mol. The van der Waals surface area contributed by atoms with E-state index in [-0.39, 0.29) is 11.9 Å². The summed E-state index contributed by atoms with van der Waals surface area (Å²) < 4.78 is 4.78. The van der Waals surface area contributed by atoms with E-state index < -0.39 is 0 Å². The number of carbonyl (C=O) groups excluding carboxylic acids is 2. The van der Waals surface area contributed by atoms with Gasteiger partial charge in [-0.3, -0.25) is 14.5 Å². The molecule has 3 rings (SSSR count). The second kappa shape index (κ2) is 8.48. The quantitative estimate of drug-likeness (QED) is 0.768. The lowest BCUT2D eigenvalue weighted by molar-refractivity contribution is -0.141. The van der Waals surface area contributed by atoms with Crippen molar-refractivity contribution in [3.05, 3.63) is 35.9 Å². The molecule has 0 saturated carbocycles. The smallest absolute Gasteiger partial charge is 0.306 e. The van der Waals surface area contributed by atoms with Crippen molar-refractivity contribution >= 4 is 11.9 Å². The predicted molar refractivity (Wildman–Crippen MR) is 96.1 cm³/mol. The van der Waals surface area contributed by atoms with Crippen LogP contribution in [-0.4, -0.2) is 61.0 Å². The van der Waals surface area contributed by atoms with Gasteiger partial charge in [0.15, 0.2) is 0 Å². The predicted octanol–water partition coefficient (Wildman–Crippen LogP) is 2.11. The van der Waals surface area contributed by atoms with Gasteiger partial charge in [0.1, 0.15) is 0 Å². The second-order valence-electron chi connectivity index (χ2n) is 7.15. The van der Waals surface area contributed by atoms with Crippen LogP contribution in [0.5, 0.6) is 0 Å². The largest absolute Gasteiger partial charge is 0.469 e. The number of fused-ring (bicyclic) bond motifs is 1. The van der Waals surface area contributed by atoms with Crippen molar-refractivity contribution in [2.75, 3.05) is 33.3 Å². The fourth-order valence-corrected chi connectivity index (χ4v) is 4.14. The molecule has 0 bridgehead atoms. The van der Waals surface area contributed by atoms with E-state index in [1.165, 1.54) is 26.4 Å². The normalized spacial score (nSPS) is 23.8. The monoisotopic (exact) mass is 344 g/mol. The van der Waals surface area contributed by atoms with Crippen molar-refractivity contribution in [3.63, 3.8) is 0 Å². The van der Waals surface area contributed by atoms with E-state index in [0.717, 1.165) is 31.7 Å². The third-order valence-electron chi connectivity index (χ3n) is 5.53. The third kappa shape index (κ3) is 4.60. The molecular weight excluding hydrogens is 316 g/mol. The Bertz CT molecular complexity index is 590. The summed E-state index contributed by atoms with van der Waals surface area (Å²) >= 11 is 0. The number of carbonyl (C=O) groups is 2. The van der Waals surface area contributed by atoms with Crippen molar-refractivity contribution in [2.45, 2.75) is 38.1 Å². The van der Waals surface area contributed by atoms with Crippen LogP contribution in [0.25, 0.3) is 0 Å². The zero-order valence-corrected chi connectivity index (χ0v) is 15.0. The number of methoxy groups -OCH3 is 1. The summed E-state index contributed by atoms with van der Waals surface area (Å²) in [5.74, 6) is 0.586. The summed E-state index contributed by atoms with van der Waals surface area (Å²) in [5, 5.41) is 0. The number of benzene rings is 1. The molecule has 136 valence electrons. The maximum Gasteiger partial charge on any atom is 0.306 e. The standard InChI is InChI=1S/C20H28N2O3/c1-25-20(24)10-12-21-11-6-5-9-17-14-22(15-18(17)21)19(23)13-16-7-3-2-4-8-16/h2-4,7-8,17-18H,5-6,9-15H2,1H3/t17-,18+/m0/s1. The zero-order valence-electron chi connectivity index (χ0n) is 15.0. The molecule has 2 aliphatic heterocycles. The van der Waals surface area contributed by atoms with Gasteiger partial charge in [-0.2, -0.15) is 0 Å². The van der Waals surface area contributed by atoms with Gasteiger partial charge in [-0.05, 0) is 30.9 Å². The Morgan fingerprint density at radius 3 is 2.72 bits per heavy atom. The lowest BCUT2D eigenvalue weighted by atomic mass is 9.98. The molecule has 2 fully saturated rings. The number of amides is 1. The Hall–Kier alpha value is -1.88. The molecule has 2 saturated heterocycles. The van der Waals surface area contributed by atoms with Gasteiger partial charge < -0.3 is 9.64 Å². The molecule has 1 aromatic carbocycles. The molecule has 0 aromatic heterocycles. The van der Waals surface area contributed by atoms with E-state index in [2.05, 4.69) is 4.90 Å². The third-order valence-corrected chi connectivity index (χ3v) is 5.53. The first kappa shape index (κ1) is 17.9. The van der Waals surface area contributed by atoms with Crippen molar-refractivity contribution in [3.8, 4) is 0 Å². The van der Waals surface area contributed by atoms with Crippen molar-refractivity contribution in [1.82, 2.24) is 9.80 Å². The number of hydrogen-bond acceptors (Lipinski definition) is 4. The summed E-state index contributed by atoms with van der Waals surface area (Å²) in [6.07, 6.45) is 4.46. The highest BCUT2D eigenvalue weighted by atomic mass is 16.5. The van der Waals surface area contributed by atoms with E-state index in [1.807, 2.05) is 35.2 Å². The topological polar surface area (TPSA) is 49.9 Å². The number of hydrogen-bond donors (Lipinski definition) is 0. The van der Waals surface area contributed by atoms with E-state index in [9.17, 15) is 9.59 Å². The molecule has 0 aliphatic carbocycles. The molecule has 0 N–H and O–H groups in total. The molecule has 0 spiro atoms. The minimum Gasteiger partial charge on any atom is -0.469 e. The van der Waals surface area contributed by atoms with Gasteiger partial charge in [0, 0.05) is 25.7 Å². The summed E-state index contributed by atoms with van der Waals surface area (Å²) in [4.78, 5) is 28.6. The lowest BCUT2D eigenvalue weighted by Crippen LogP contribution is -2.42. The Morgan fingerprint density at radius 1 is 1.16 bits per heavy atom. The first-order chi connectivity index (χ1) is 12.2. The van der Waals surface area contributed by atoms with Crippen LogP contribution in [0.15, 0.2) is 30.3 Å². The molecule has 0 radical (unpaired) electrons. The first-order valence-electron chi connectivity index (χ1n) is 9.30. The molecule has 2 atom stereocenters. The number of ether oxygens (including phenoxy) is 1. The summed E-state index contributed by atoms with van der Waals surface area (Å²) in [6.45, 7) is 3.38. The van der Waals surface area contributed by atoms with Crippen molar-refractivity contribution < 1.29 is 14.3 Å². The maximum absolute atomic E-state index is 12.7. The average Bonchev–Trinajstić information content (AvgIpc) is 2.97. The van der Waals surface area contributed by atoms with E-state index >= 15 is 0 Å². The zero-order chi connectivity index (χ0) is 17.6. The molecule has 1 aromatic rings. The first-order valence-corrected chi connectivity index (χ1v) is 9.30. The highest BCUT2D eigenvalue weighted by Gasteiger charge is 2.39. The van der Waals surface area contributed by atoms with Gasteiger partial charge in [0.2, 0.25) is 5.91 Å². The highest BCUT2D eigenvalue weighted by molar-refractivity contribution is 5.79. The van der Waals surface area contributed by atoms with Crippen LogP contribution in [0.4, 0.5) is 0 Å². The Morgan fingerprint density at radius 2 is 1.96 bits per heavy atom. The van der Waals surface area contributed by atoms with Gasteiger partial charge in [-0.15, -0.1) is 0 Å². The molecule has 25 heavy (non-hydrogen) atoms. The molecule has 1 amide bonds. The van der Waals surface area contributed by atoms with Crippen LogP contribution in [0, 0.1) is 5.92 Å². The Kier molecular flexibility index (Phi) is 6.08. The highest BCUT2D eigenvalue weighted by Crippen LogP contribution is 2.30.